The van der Waals surface area contributed by atoms with Crippen molar-refractivity contribution in [2.75, 3.05) is 52.9 Å². The standard InChI is InChI=1S/C19H39N5.HI/c1-4-18-10-6-7-13-24(18)14-11-21-19(20-3)22-15-17-9-8-12-23(5-2)16-17;/h17-18H,4-16H2,1-3H3,(H2,20,21,22);1H. The van der Waals surface area contributed by atoms with E-state index in [2.05, 4.69) is 39.3 Å². The lowest BCUT2D eigenvalue weighted by Gasteiger charge is -2.35. The summed E-state index contributed by atoms with van der Waals surface area (Å²) < 4.78 is 0. The summed E-state index contributed by atoms with van der Waals surface area (Å²) in [6.07, 6.45) is 8.09. The van der Waals surface area contributed by atoms with Crippen molar-refractivity contribution in [2.24, 2.45) is 10.9 Å². The minimum Gasteiger partial charge on any atom is -0.356 e. The highest BCUT2D eigenvalue weighted by Crippen LogP contribution is 2.18. The molecule has 25 heavy (non-hydrogen) atoms. The van der Waals surface area contributed by atoms with Crippen LogP contribution in [0.5, 0.6) is 0 Å². The van der Waals surface area contributed by atoms with Gasteiger partial charge >= 0.3 is 0 Å². The third-order valence-corrected chi connectivity index (χ3v) is 5.74. The molecule has 148 valence electrons. The molecule has 0 bridgehead atoms. The SMILES string of the molecule is CCC1CCCCN1CCNC(=NC)NCC1CCCN(CC)C1.I. The first kappa shape index (κ1) is 23.0. The highest BCUT2D eigenvalue weighted by Gasteiger charge is 2.21. The van der Waals surface area contributed by atoms with E-state index in [4.69, 9.17) is 0 Å². The van der Waals surface area contributed by atoms with Gasteiger partial charge in [-0.15, -0.1) is 24.0 Å². The van der Waals surface area contributed by atoms with Gasteiger partial charge in [0.2, 0.25) is 0 Å². The maximum Gasteiger partial charge on any atom is 0.191 e. The summed E-state index contributed by atoms with van der Waals surface area (Å²) in [6.45, 7) is 12.7. The molecule has 0 aromatic rings. The number of guanidine groups is 1. The normalized spacial score (nSPS) is 26.1. The Morgan fingerprint density at radius 1 is 1.08 bits per heavy atom. The molecular weight excluding hydrogens is 425 g/mol. The molecule has 2 fully saturated rings. The van der Waals surface area contributed by atoms with Crippen molar-refractivity contribution in [3.05, 3.63) is 0 Å². The van der Waals surface area contributed by atoms with Crippen LogP contribution in [0.25, 0.3) is 0 Å². The number of hydrogen-bond acceptors (Lipinski definition) is 3. The molecule has 6 heteroatoms. The molecule has 0 saturated carbocycles. The smallest absolute Gasteiger partial charge is 0.191 e. The monoisotopic (exact) mass is 465 g/mol. The summed E-state index contributed by atoms with van der Waals surface area (Å²) in [5, 5.41) is 7.05. The van der Waals surface area contributed by atoms with Gasteiger partial charge in [0.25, 0.3) is 0 Å². The van der Waals surface area contributed by atoms with Crippen LogP contribution in [0.15, 0.2) is 4.99 Å². The Morgan fingerprint density at radius 3 is 2.64 bits per heavy atom. The van der Waals surface area contributed by atoms with Gasteiger partial charge in [-0.05, 0) is 57.7 Å². The first-order chi connectivity index (χ1) is 11.8. The molecule has 0 aromatic heterocycles. The molecule has 5 nitrogen and oxygen atoms in total. The summed E-state index contributed by atoms with van der Waals surface area (Å²) in [5.74, 6) is 1.72. The van der Waals surface area contributed by atoms with Crippen LogP contribution in [0.2, 0.25) is 0 Å². The van der Waals surface area contributed by atoms with E-state index in [0.29, 0.717) is 0 Å². The van der Waals surface area contributed by atoms with E-state index >= 15 is 0 Å². The first-order valence-electron chi connectivity index (χ1n) is 10.2. The predicted octanol–water partition coefficient (Wildman–Crippen LogP) is 2.77. The minimum absolute atomic E-state index is 0. The van der Waals surface area contributed by atoms with Gasteiger partial charge in [0, 0.05) is 39.3 Å². The average molecular weight is 465 g/mol. The molecule has 0 radical (unpaired) electrons. The van der Waals surface area contributed by atoms with Crippen molar-refractivity contribution in [2.45, 2.75) is 58.4 Å². The summed E-state index contributed by atoms with van der Waals surface area (Å²) >= 11 is 0. The quantitative estimate of drug-likeness (QED) is 0.345. The minimum atomic E-state index is 0. The van der Waals surface area contributed by atoms with E-state index in [0.717, 1.165) is 37.6 Å². The summed E-state index contributed by atoms with van der Waals surface area (Å²) in [4.78, 5) is 9.62. The van der Waals surface area contributed by atoms with Gasteiger partial charge in [0.1, 0.15) is 0 Å². The van der Waals surface area contributed by atoms with Crippen LogP contribution in [0.3, 0.4) is 0 Å². The molecule has 0 spiro atoms. The Bertz CT molecular complexity index is 377. The second kappa shape index (κ2) is 13.1. The van der Waals surface area contributed by atoms with E-state index in [-0.39, 0.29) is 24.0 Å². The van der Waals surface area contributed by atoms with Crippen LogP contribution in [0.1, 0.15) is 52.4 Å². The van der Waals surface area contributed by atoms with Gasteiger partial charge in [-0.1, -0.05) is 20.3 Å². The van der Waals surface area contributed by atoms with Crippen LogP contribution in [-0.4, -0.2) is 74.7 Å². The average Bonchev–Trinajstić information content (AvgIpc) is 2.65. The Balaban J connectivity index is 0.00000312. The maximum absolute atomic E-state index is 4.40. The fraction of sp³-hybridized carbons (Fsp3) is 0.947. The molecule has 0 amide bonds. The van der Waals surface area contributed by atoms with Crippen LogP contribution in [-0.2, 0) is 0 Å². The second-order valence-corrected chi connectivity index (χ2v) is 7.38. The van der Waals surface area contributed by atoms with Gasteiger partial charge in [-0.3, -0.25) is 9.89 Å². The lowest BCUT2D eigenvalue weighted by atomic mass is 9.98. The van der Waals surface area contributed by atoms with E-state index in [9.17, 15) is 0 Å². The van der Waals surface area contributed by atoms with E-state index in [1.165, 1.54) is 64.7 Å². The number of piperidine rings is 2. The molecule has 2 heterocycles. The Labute approximate surface area is 172 Å². The Kier molecular flexibility index (Phi) is 12.1. The molecule has 2 aliphatic heterocycles. The molecule has 2 saturated heterocycles. The van der Waals surface area contributed by atoms with Crippen molar-refractivity contribution in [1.82, 2.24) is 20.4 Å². The number of halogens is 1. The van der Waals surface area contributed by atoms with Gasteiger partial charge < -0.3 is 15.5 Å². The number of nitrogens with one attached hydrogen (secondary N) is 2. The van der Waals surface area contributed by atoms with Gasteiger partial charge in [0.05, 0.1) is 0 Å². The van der Waals surface area contributed by atoms with E-state index < -0.39 is 0 Å². The lowest BCUT2D eigenvalue weighted by Crippen LogP contribution is -2.47. The summed E-state index contributed by atoms with van der Waals surface area (Å²) in [5.41, 5.74) is 0. The summed E-state index contributed by atoms with van der Waals surface area (Å²) in [7, 11) is 1.88. The van der Waals surface area contributed by atoms with E-state index in [1.807, 2.05) is 7.05 Å². The van der Waals surface area contributed by atoms with Crippen molar-refractivity contribution in [3.8, 4) is 0 Å². The second-order valence-electron chi connectivity index (χ2n) is 7.38. The van der Waals surface area contributed by atoms with Gasteiger partial charge in [-0.25, -0.2) is 0 Å². The number of nitrogens with zero attached hydrogens (tertiary/aromatic N) is 3. The van der Waals surface area contributed by atoms with Crippen LogP contribution in [0, 0.1) is 5.92 Å². The number of aliphatic imine (C=N–C) groups is 1. The number of likely N-dealkylation sites (tertiary alicyclic amines) is 2. The molecule has 2 rings (SSSR count). The van der Waals surface area contributed by atoms with Crippen LogP contribution >= 0.6 is 24.0 Å². The largest absolute Gasteiger partial charge is 0.356 e. The third-order valence-electron chi connectivity index (χ3n) is 5.74. The molecule has 2 unspecified atom stereocenters. The van der Waals surface area contributed by atoms with E-state index in [1.54, 1.807) is 0 Å². The van der Waals surface area contributed by atoms with Crippen molar-refractivity contribution in [1.29, 1.82) is 0 Å². The number of rotatable bonds is 7. The molecule has 0 aliphatic carbocycles. The highest BCUT2D eigenvalue weighted by molar-refractivity contribution is 14.0. The van der Waals surface area contributed by atoms with Crippen LogP contribution < -0.4 is 10.6 Å². The van der Waals surface area contributed by atoms with Crippen LogP contribution in [0.4, 0.5) is 0 Å². The summed E-state index contributed by atoms with van der Waals surface area (Å²) in [6, 6.07) is 0.790. The van der Waals surface area contributed by atoms with Crippen molar-refractivity contribution < 1.29 is 0 Å². The Morgan fingerprint density at radius 2 is 1.92 bits per heavy atom. The van der Waals surface area contributed by atoms with Crippen molar-refractivity contribution >= 4 is 29.9 Å². The zero-order valence-corrected chi connectivity index (χ0v) is 18.9. The highest BCUT2D eigenvalue weighted by atomic mass is 127. The topological polar surface area (TPSA) is 42.9 Å². The first-order valence-corrected chi connectivity index (χ1v) is 10.2. The predicted molar refractivity (Wildman–Crippen MR) is 119 cm³/mol. The molecule has 2 aliphatic rings. The molecular formula is C19H40IN5. The fourth-order valence-electron chi connectivity index (χ4n) is 4.20. The zero-order valence-electron chi connectivity index (χ0n) is 16.6. The zero-order chi connectivity index (χ0) is 17.2. The molecule has 0 aromatic carbocycles. The Hall–Kier alpha value is -0.0800. The lowest BCUT2D eigenvalue weighted by molar-refractivity contribution is 0.147. The van der Waals surface area contributed by atoms with Gasteiger partial charge in [0.15, 0.2) is 5.96 Å². The maximum atomic E-state index is 4.40. The molecule has 2 N–H and O–H groups in total. The van der Waals surface area contributed by atoms with Crippen molar-refractivity contribution in [3.63, 3.8) is 0 Å². The third kappa shape index (κ3) is 7.99. The van der Waals surface area contributed by atoms with Gasteiger partial charge in [-0.2, -0.15) is 0 Å². The fourth-order valence-corrected chi connectivity index (χ4v) is 4.20. The molecule has 2 atom stereocenters. The number of hydrogen-bond donors (Lipinski definition) is 2.